The third kappa shape index (κ3) is 6.10. The molecule has 168 valence electrons. The monoisotopic (exact) mass is 436 g/mol. The number of hydrogen-bond acceptors (Lipinski definition) is 5. The van der Waals surface area contributed by atoms with E-state index in [0.29, 0.717) is 56.3 Å². The molecule has 1 aromatic heterocycles. The Labute approximate surface area is 180 Å². The van der Waals surface area contributed by atoms with Gasteiger partial charge in [-0.15, -0.1) is 0 Å². The summed E-state index contributed by atoms with van der Waals surface area (Å²) in [7, 11) is 3.91. The molecular weight excluding hydrogens is 409 g/mol. The predicted octanol–water partition coefficient (Wildman–Crippen LogP) is 3.39. The Morgan fingerprint density at radius 3 is 2.55 bits per heavy atom. The molecule has 0 atom stereocenters. The van der Waals surface area contributed by atoms with Gasteiger partial charge in [-0.1, -0.05) is 12.1 Å². The van der Waals surface area contributed by atoms with Gasteiger partial charge < -0.3 is 19.4 Å². The van der Waals surface area contributed by atoms with E-state index in [1.54, 1.807) is 17.0 Å². The molecule has 1 fully saturated rings. The van der Waals surface area contributed by atoms with Crippen LogP contribution >= 0.6 is 0 Å². The minimum absolute atomic E-state index is 0.109. The zero-order valence-electron chi connectivity index (χ0n) is 17.7. The summed E-state index contributed by atoms with van der Waals surface area (Å²) in [6.07, 6.45) is -2.86. The van der Waals surface area contributed by atoms with Crippen molar-refractivity contribution in [2.75, 3.05) is 58.3 Å². The van der Waals surface area contributed by atoms with Gasteiger partial charge in [0.15, 0.2) is 0 Å². The maximum Gasteiger partial charge on any atom is 0.417 e. The number of anilines is 1. The largest absolute Gasteiger partial charge is 0.491 e. The van der Waals surface area contributed by atoms with Crippen molar-refractivity contribution in [3.05, 3.63) is 53.7 Å². The van der Waals surface area contributed by atoms with Crippen LogP contribution < -0.4 is 9.64 Å². The number of hydrogen-bond donors (Lipinski definition) is 0. The summed E-state index contributed by atoms with van der Waals surface area (Å²) < 4.78 is 44.1. The van der Waals surface area contributed by atoms with Crippen molar-refractivity contribution in [1.82, 2.24) is 14.8 Å². The lowest BCUT2D eigenvalue weighted by molar-refractivity contribution is -0.137. The Bertz CT molecular complexity index is 872. The number of rotatable bonds is 6. The first-order valence-electron chi connectivity index (χ1n) is 10.2. The fourth-order valence-corrected chi connectivity index (χ4v) is 3.37. The highest BCUT2D eigenvalue weighted by atomic mass is 19.4. The number of halogens is 3. The second kappa shape index (κ2) is 10.00. The third-order valence-electron chi connectivity index (χ3n) is 5.10. The number of carbonyl (C=O) groups excluding carboxylic acids is 1. The van der Waals surface area contributed by atoms with Crippen LogP contribution in [0.15, 0.2) is 42.6 Å². The van der Waals surface area contributed by atoms with Crippen LogP contribution in [-0.2, 0) is 6.18 Å². The molecule has 0 aliphatic carbocycles. The Balaban J connectivity index is 1.65. The number of amides is 1. The van der Waals surface area contributed by atoms with Gasteiger partial charge in [0.1, 0.15) is 18.2 Å². The van der Waals surface area contributed by atoms with E-state index >= 15 is 0 Å². The SMILES string of the molecule is CN(C)CCOc1ccccc1C(=O)N1CCCN(c2ccc(C(F)(F)F)cn2)CC1. The maximum atomic E-state index is 13.1. The zero-order chi connectivity index (χ0) is 22.4. The second-order valence-corrected chi connectivity index (χ2v) is 7.68. The van der Waals surface area contributed by atoms with Gasteiger partial charge in [-0.25, -0.2) is 4.98 Å². The molecule has 1 aliphatic heterocycles. The number of nitrogens with zero attached hydrogens (tertiary/aromatic N) is 4. The molecule has 0 radical (unpaired) electrons. The standard InChI is InChI=1S/C22H27F3N4O2/c1-27(2)14-15-31-19-7-4-3-6-18(19)21(30)29-11-5-10-28(12-13-29)20-9-8-17(16-26-20)22(23,24)25/h3-4,6-9,16H,5,10-15H2,1-2H3. The van der Waals surface area contributed by atoms with E-state index in [-0.39, 0.29) is 5.91 Å². The van der Waals surface area contributed by atoms with Gasteiger partial charge in [0, 0.05) is 38.9 Å². The van der Waals surface area contributed by atoms with Crippen LogP contribution in [0.5, 0.6) is 5.75 Å². The average Bonchev–Trinajstić information content (AvgIpc) is 2.99. The van der Waals surface area contributed by atoms with Gasteiger partial charge in [-0.2, -0.15) is 13.2 Å². The summed E-state index contributed by atoms with van der Waals surface area (Å²) in [6, 6.07) is 9.61. The van der Waals surface area contributed by atoms with E-state index in [1.807, 2.05) is 36.0 Å². The number of pyridine rings is 1. The van der Waals surface area contributed by atoms with Crippen LogP contribution in [-0.4, -0.2) is 74.1 Å². The van der Waals surface area contributed by atoms with Crippen LogP contribution in [0.2, 0.25) is 0 Å². The number of likely N-dealkylation sites (N-methyl/N-ethyl adjacent to an activating group) is 1. The number of ether oxygens (including phenoxy) is 1. The van der Waals surface area contributed by atoms with Crippen molar-refractivity contribution >= 4 is 11.7 Å². The number of benzene rings is 1. The number of aromatic nitrogens is 1. The fourth-order valence-electron chi connectivity index (χ4n) is 3.37. The minimum atomic E-state index is -4.41. The van der Waals surface area contributed by atoms with Crippen LogP contribution in [0, 0.1) is 0 Å². The second-order valence-electron chi connectivity index (χ2n) is 7.68. The Hall–Kier alpha value is -2.81. The Kier molecular flexibility index (Phi) is 7.37. The molecule has 1 aliphatic rings. The summed E-state index contributed by atoms with van der Waals surface area (Å²) in [5.74, 6) is 0.928. The zero-order valence-corrected chi connectivity index (χ0v) is 17.7. The van der Waals surface area contributed by atoms with Crippen molar-refractivity contribution in [1.29, 1.82) is 0 Å². The molecular formula is C22H27F3N4O2. The molecule has 9 heteroatoms. The normalized spacial score (nSPS) is 15.2. The average molecular weight is 436 g/mol. The minimum Gasteiger partial charge on any atom is -0.491 e. The maximum absolute atomic E-state index is 13.1. The molecule has 1 aromatic carbocycles. The summed E-state index contributed by atoms with van der Waals surface area (Å²) in [4.78, 5) is 22.8. The van der Waals surface area contributed by atoms with Crippen molar-refractivity contribution in [3.63, 3.8) is 0 Å². The molecule has 1 saturated heterocycles. The molecule has 0 spiro atoms. The van der Waals surface area contributed by atoms with Crippen LogP contribution in [0.3, 0.4) is 0 Å². The fraction of sp³-hybridized carbons (Fsp3) is 0.455. The van der Waals surface area contributed by atoms with E-state index in [0.717, 1.165) is 18.8 Å². The Morgan fingerprint density at radius 2 is 1.87 bits per heavy atom. The van der Waals surface area contributed by atoms with E-state index in [9.17, 15) is 18.0 Å². The van der Waals surface area contributed by atoms with Gasteiger partial charge in [-0.05, 0) is 44.8 Å². The third-order valence-corrected chi connectivity index (χ3v) is 5.10. The molecule has 3 rings (SSSR count). The van der Waals surface area contributed by atoms with Crippen molar-refractivity contribution in [2.24, 2.45) is 0 Å². The molecule has 0 saturated carbocycles. The smallest absolute Gasteiger partial charge is 0.417 e. The topological polar surface area (TPSA) is 48.9 Å². The van der Waals surface area contributed by atoms with Crippen molar-refractivity contribution in [2.45, 2.75) is 12.6 Å². The van der Waals surface area contributed by atoms with Crippen molar-refractivity contribution < 1.29 is 22.7 Å². The molecule has 2 heterocycles. The summed E-state index contributed by atoms with van der Waals surface area (Å²) in [5, 5.41) is 0. The summed E-state index contributed by atoms with van der Waals surface area (Å²) in [5.41, 5.74) is -0.254. The quantitative estimate of drug-likeness (QED) is 0.695. The lowest BCUT2D eigenvalue weighted by atomic mass is 10.1. The van der Waals surface area contributed by atoms with Crippen LogP contribution in [0.4, 0.5) is 19.0 Å². The molecule has 0 unspecified atom stereocenters. The van der Waals surface area contributed by atoms with E-state index in [4.69, 9.17) is 4.74 Å². The molecule has 0 N–H and O–H groups in total. The summed E-state index contributed by atoms with van der Waals surface area (Å²) in [6.45, 7) is 3.33. The van der Waals surface area contributed by atoms with E-state index in [1.165, 1.54) is 6.07 Å². The highest BCUT2D eigenvalue weighted by Crippen LogP contribution is 2.29. The molecule has 1 amide bonds. The van der Waals surface area contributed by atoms with Gasteiger partial charge in [-0.3, -0.25) is 4.79 Å². The molecule has 2 aromatic rings. The van der Waals surface area contributed by atoms with Crippen LogP contribution in [0.1, 0.15) is 22.3 Å². The van der Waals surface area contributed by atoms with E-state index in [2.05, 4.69) is 4.98 Å². The first kappa shape index (κ1) is 22.9. The lowest BCUT2D eigenvalue weighted by Gasteiger charge is -2.24. The predicted molar refractivity (Wildman–Crippen MR) is 112 cm³/mol. The first-order valence-corrected chi connectivity index (χ1v) is 10.2. The van der Waals surface area contributed by atoms with Crippen molar-refractivity contribution in [3.8, 4) is 5.75 Å². The Morgan fingerprint density at radius 1 is 1.10 bits per heavy atom. The highest BCUT2D eigenvalue weighted by molar-refractivity contribution is 5.97. The van der Waals surface area contributed by atoms with Gasteiger partial charge in [0.25, 0.3) is 5.91 Å². The van der Waals surface area contributed by atoms with E-state index < -0.39 is 11.7 Å². The number of carbonyl (C=O) groups is 1. The number of para-hydroxylation sites is 1. The molecule has 31 heavy (non-hydrogen) atoms. The molecule has 6 nitrogen and oxygen atoms in total. The van der Waals surface area contributed by atoms with Crippen LogP contribution in [0.25, 0.3) is 0 Å². The molecule has 0 bridgehead atoms. The first-order chi connectivity index (χ1) is 14.8. The highest BCUT2D eigenvalue weighted by Gasteiger charge is 2.31. The summed E-state index contributed by atoms with van der Waals surface area (Å²) >= 11 is 0. The van der Waals surface area contributed by atoms with Gasteiger partial charge in [0.2, 0.25) is 0 Å². The lowest BCUT2D eigenvalue weighted by Crippen LogP contribution is -2.35. The van der Waals surface area contributed by atoms with Gasteiger partial charge in [0.05, 0.1) is 11.1 Å². The number of alkyl halides is 3. The van der Waals surface area contributed by atoms with Gasteiger partial charge >= 0.3 is 6.18 Å².